The van der Waals surface area contributed by atoms with Crippen LogP contribution in [0.2, 0.25) is 0 Å². The lowest BCUT2D eigenvalue weighted by Crippen LogP contribution is -2.44. The van der Waals surface area contributed by atoms with Gasteiger partial charge in [0.15, 0.2) is 0 Å². The first-order valence-corrected chi connectivity index (χ1v) is 7.07. The maximum Gasteiger partial charge on any atom is 0.0689 e. The van der Waals surface area contributed by atoms with E-state index in [0.29, 0.717) is 11.8 Å². The standard InChI is InChI=1S/C15H25NO/c1-4-14(2,10-16)13-8-7-11-12(17)6-5-9-15(11,13)3/h11-13,17H,4-9H2,1-3H3/t11-,12-,13+,14+,15-/m0/s1. The summed E-state index contributed by atoms with van der Waals surface area (Å²) in [7, 11) is 0. The molecule has 0 aromatic carbocycles. The van der Waals surface area contributed by atoms with E-state index in [4.69, 9.17) is 0 Å². The first kappa shape index (κ1) is 12.9. The Kier molecular flexibility index (Phi) is 3.25. The lowest BCUT2D eigenvalue weighted by molar-refractivity contribution is -0.0369. The summed E-state index contributed by atoms with van der Waals surface area (Å²) in [6, 6.07) is 2.56. The molecule has 0 bridgehead atoms. The number of rotatable bonds is 2. The molecule has 96 valence electrons. The predicted octanol–water partition coefficient (Wildman–Crippen LogP) is 3.50. The number of aliphatic hydroxyl groups is 1. The third-order valence-electron chi connectivity index (χ3n) is 5.85. The molecule has 0 unspecified atom stereocenters. The molecule has 2 heteroatoms. The van der Waals surface area contributed by atoms with Gasteiger partial charge < -0.3 is 5.11 Å². The summed E-state index contributed by atoms with van der Waals surface area (Å²) < 4.78 is 0. The van der Waals surface area contributed by atoms with E-state index in [2.05, 4.69) is 26.8 Å². The number of hydrogen-bond donors (Lipinski definition) is 1. The number of fused-ring (bicyclic) bond motifs is 1. The Morgan fingerprint density at radius 2 is 2.12 bits per heavy atom. The Balaban J connectivity index is 2.30. The quantitative estimate of drug-likeness (QED) is 0.796. The molecule has 5 atom stereocenters. The van der Waals surface area contributed by atoms with Gasteiger partial charge >= 0.3 is 0 Å². The Labute approximate surface area is 105 Å². The molecule has 2 aliphatic carbocycles. The minimum absolute atomic E-state index is 0.126. The van der Waals surface area contributed by atoms with Crippen LogP contribution in [0.25, 0.3) is 0 Å². The van der Waals surface area contributed by atoms with E-state index in [1.807, 2.05) is 0 Å². The summed E-state index contributed by atoms with van der Waals surface area (Å²) in [5, 5.41) is 19.7. The lowest BCUT2D eigenvalue weighted by atomic mass is 9.57. The van der Waals surface area contributed by atoms with Gasteiger partial charge in [-0.15, -0.1) is 0 Å². The predicted molar refractivity (Wildman–Crippen MR) is 68.2 cm³/mol. The third kappa shape index (κ3) is 1.80. The maximum atomic E-state index is 10.2. The van der Waals surface area contributed by atoms with Gasteiger partial charge in [0.1, 0.15) is 0 Å². The minimum Gasteiger partial charge on any atom is -0.393 e. The Morgan fingerprint density at radius 3 is 2.71 bits per heavy atom. The van der Waals surface area contributed by atoms with E-state index in [0.717, 1.165) is 32.1 Å². The molecule has 0 aromatic rings. The molecule has 0 aromatic heterocycles. The second-order valence-corrected chi connectivity index (χ2v) is 6.58. The third-order valence-corrected chi connectivity index (χ3v) is 5.85. The van der Waals surface area contributed by atoms with Gasteiger partial charge in [-0.3, -0.25) is 0 Å². The second kappa shape index (κ2) is 4.28. The summed E-state index contributed by atoms with van der Waals surface area (Å²) in [5.41, 5.74) is -0.0152. The van der Waals surface area contributed by atoms with Crippen molar-refractivity contribution in [2.45, 2.75) is 65.4 Å². The van der Waals surface area contributed by atoms with Crippen LogP contribution >= 0.6 is 0 Å². The smallest absolute Gasteiger partial charge is 0.0689 e. The highest BCUT2D eigenvalue weighted by Crippen LogP contribution is 2.61. The monoisotopic (exact) mass is 235 g/mol. The zero-order valence-corrected chi connectivity index (χ0v) is 11.4. The van der Waals surface area contributed by atoms with Crippen LogP contribution in [0.4, 0.5) is 0 Å². The molecule has 2 saturated carbocycles. The zero-order valence-electron chi connectivity index (χ0n) is 11.4. The van der Waals surface area contributed by atoms with Crippen LogP contribution in [0.15, 0.2) is 0 Å². The average Bonchev–Trinajstić information content (AvgIpc) is 2.67. The fraction of sp³-hybridized carbons (Fsp3) is 0.933. The molecule has 0 heterocycles. The van der Waals surface area contributed by atoms with Crippen molar-refractivity contribution in [1.29, 1.82) is 5.26 Å². The highest BCUT2D eigenvalue weighted by molar-refractivity contribution is 5.11. The number of nitriles is 1. The molecule has 0 radical (unpaired) electrons. The van der Waals surface area contributed by atoms with Crippen molar-refractivity contribution in [1.82, 2.24) is 0 Å². The molecular formula is C15H25NO. The van der Waals surface area contributed by atoms with Crippen molar-refractivity contribution in [3.63, 3.8) is 0 Å². The average molecular weight is 235 g/mol. The van der Waals surface area contributed by atoms with Crippen LogP contribution < -0.4 is 0 Å². The Hall–Kier alpha value is -0.550. The maximum absolute atomic E-state index is 10.2. The number of nitrogens with zero attached hydrogens (tertiary/aromatic N) is 1. The summed E-state index contributed by atoms with van der Waals surface area (Å²) in [4.78, 5) is 0. The molecule has 2 fully saturated rings. The summed E-state index contributed by atoms with van der Waals surface area (Å²) in [6.07, 6.45) is 6.30. The van der Waals surface area contributed by atoms with Crippen molar-refractivity contribution in [3.05, 3.63) is 0 Å². The molecule has 1 N–H and O–H groups in total. The number of hydrogen-bond acceptors (Lipinski definition) is 2. The van der Waals surface area contributed by atoms with Crippen LogP contribution in [0.1, 0.15) is 59.3 Å². The molecule has 17 heavy (non-hydrogen) atoms. The second-order valence-electron chi connectivity index (χ2n) is 6.58. The first-order chi connectivity index (χ1) is 7.98. The van der Waals surface area contributed by atoms with Gasteiger partial charge in [0.2, 0.25) is 0 Å². The molecule has 0 amide bonds. The molecule has 0 spiro atoms. The van der Waals surface area contributed by atoms with Crippen molar-refractivity contribution in [2.24, 2.45) is 22.7 Å². The van der Waals surface area contributed by atoms with Crippen LogP contribution in [0.3, 0.4) is 0 Å². The molecule has 2 nitrogen and oxygen atoms in total. The molecule has 2 aliphatic rings. The van der Waals surface area contributed by atoms with Crippen LogP contribution in [0, 0.1) is 34.0 Å². The van der Waals surface area contributed by atoms with E-state index >= 15 is 0 Å². The topological polar surface area (TPSA) is 44.0 Å². The lowest BCUT2D eigenvalue weighted by Gasteiger charge is -2.47. The Morgan fingerprint density at radius 1 is 1.41 bits per heavy atom. The van der Waals surface area contributed by atoms with E-state index in [9.17, 15) is 10.4 Å². The van der Waals surface area contributed by atoms with Crippen LogP contribution in [0.5, 0.6) is 0 Å². The van der Waals surface area contributed by atoms with Crippen molar-refractivity contribution in [3.8, 4) is 6.07 Å². The molecule has 0 saturated heterocycles. The van der Waals surface area contributed by atoms with E-state index < -0.39 is 0 Å². The molecule has 0 aliphatic heterocycles. The summed E-state index contributed by atoms with van der Waals surface area (Å²) >= 11 is 0. The van der Waals surface area contributed by atoms with Gasteiger partial charge in [-0.1, -0.05) is 20.3 Å². The van der Waals surface area contributed by atoms with Gasteiger partial charge in [-0.2, -0.15) is 5.26 Å². The van der Waals surface area contributed by atoms with Crippen molar-refractivity contribution < 1.29 is 5.11 Å². The van der Waals surface area contributed by atoms with E-state index in [1.54, 1.807) is 0 Å². The molecular weight excluding hydrogens is 210 g/mol. The summed E-state index contributed by atoms with van der Waals surface area (Å²) in [5.74, 6) is 0.894. The van der Waals surface area contributed by atoms with Gasteiger partial charge in [-0.05, 0) is 56.3 Å². The first-order valence-electron chi connectivity index (χ1n) is 7.07. The van der Waals surface area contributed by atoms with Gasteiger partial charge in [0.05, 0.1) is 17.6 Å². The highest BCUT2D eigenvalue weighted by atomic mass is 16.3. The number of aliphatic hydroxyl groups excluding tert-OH is 1. The molecule has 2 rings (SSSR count). The minimum atomic E-state index is -0.208. The van der Waals surface area contributed by atoms with Crippen LogP contribution in [-0.2, 0) is 0 Å². The summed E-state index contributed by atoms with van der Waals surface area (Å²) in [6.45, 7) is 6.56. The van der Waals surface area contributed by atoms with Crippen molar-refractivity contribution >= 4 is 0 Å². The largest absolute Gasteiger partial charge is 0.393 e. The zero-order chi connectivity index (χ0) is 12.7. The van der Waals surface area contributed by atoms with Gasteiger partial charge in [0, 0.05) is 0 Å². The Bertz CT molecular complexity index is 334. The van der Waals surface area contributed by atoms with E-state index in [1.165, 1.54) is 6.42 Å². The van der Waals surface area contributed by atoms with Crippen LogP contribution in [-0.4, -0.2) is 11.2 Å². The fourth-order valence-corrected chi connectivity index (χ4v) is 4.60. The SMILES string of the molecule is CC[C@](C)(C#N)[C@H]1CC[C@H]2[C@@H](O)CCC[C@@]21C. The van der Waals surface area contributed by atoms with Gasteiger partial charge in [-0.25, -0.2) is 0 Å². The van der Waals surface area contributed by atoms with E-state index in [-0.39, 0.29) is 16.9 Å². The van der Waals surface area contributed by atoms with Gasteiger partial charge in [0.25, 0.3) is 0 Å². The fourth-order valence-electron chi connectivity index (χ4n) is 4.60. The highest BCUT2D eigenvalue weighted by Gasteiger charge is 2.56. The normalized spacial score (nSPS) is 44.8. The van der Waals surface area contributed by atoms with Crippen molar-refractivity contribution in [2.75, 3.05) is 0 Å².